The highest BCUT2D eigenvalue weighted by molar-refractivity contribution is 5.59. The smallest absolute Gasteiger partial charge is 0.0384 e. The molecular formula is C23H29N. The molecule has 0 saturated heterocycles. The van der Waals surface area contributed by atoms with Gasteiger partial charge in [-0.15, -0.1) is 0 Å². The maximum atomic E-state index is 3.46. The molecule has 1 heteroatoms. The van der Waals surface area contributed by atoms with E-state index in [4.69, 9.17) is 0 Å². The summed E-state index contributed by atoms with van der Waals surface area (Å²) >= 11 is 0. The van der Waals surface area contributed by atoms with Crippen LogP contribution in [0.25, 0.3) is 0 Å². The lowest BCUT2D eigenvalue weighted by molar-refractivity contribution is 0.132. The molecule has 1 N–H and O–H groups in total. The van der Waals surface area contributed by atoms with Gasteiger partial charge in [0, 0.05) is 11.4 Å². The third-order valence-electron chi connectivity index (χ3n) is 6.08. The second-order valence-corrected chi connectivity index (χ2v) is 7.96. The molecule has 2 fully saturated rings. The van der Waals surface area contributed by atoms with E-state index in [2.05, 4.69) is 53.8 Å². The third kappa shape index (κ3) is 4.01. The van der Waals surface area contributed by atoms with Gasteiger partial charge in [0.2, 0.25) is 0 Å². The molecule has 2 aromatic carbocycles. The van der Waals surface area contributed by atoms with Crippen molar-refractivity contribution in [1.29, 1.82) is 0 Å². The van der Waals surface area contributed by atoms with Crippen molar-refractivity contribution in [1.82, 2.24) is 0 Å². The summed E-state index contributed by atoms with van der Waals surface area (Å²) in [6, 6.07) is 19.4. The summed E-state index contributed by atoms with van der Waals surface area (Å²) in [6.45, 7) is 0. The molecule has 2 unspecified atom stereocenters. The highest BCUT2D eigenvalue weighted by Crippen LogP contribution is 2.43. The maximum absolute atomic E-state index is 3.46. The predicted molar refractivity (Wildman–Crippen MR) is 103 cm³/mol. The second kappa shape index (κ2) is 7.42. The predicted octanol–water partition coefficient (Wildman–Crippen LogP) is 6.58. The summed E-state index contributed by atoms with van der Waals surface area (Å²) in [5.41, 5.74) is 3.82. The third-order valence-corrected chi connectivity index (χ3v) is 6.08. The quantitative estimate of drug-likeness (QED) is 0.656. The van der Waals surface area contributed by atoms with E-state index in [1.54, 1.807) is 0 Å². The Labute approximate surface area is 146 Å². The first-order valence-corrected chi connectivity index (χ1v) is 9.76. The van der Waals surface area contributed by atoms with Gasteiger partial charge in [-0.1, -0.05) is 49.6 Å². The minimum Gasteiger partial charge on any atom is -0.356 e. The summed E-state index contributed by atoms with van der Waals surface area (Å²) < 4.78 is 0. The molecule has 1 nitrogen and oxygen atoms in total. The molecule has 2 aromatic rings. The van der Waals surface area contributed by atoms with Crippen LogP contribution in [-0.4, -0.2) is 0 Å². The maximum Gasteiger partial charge on any atom is 0.0384 e. The minimum absolute atomic E-state index is 0.983. The number of para-hydroxylation sites is 1. The normalized spacial score (nSPS) is 26.1. The number of nitrogens with one attached hydrogen (secondary N) is 1. The van der Waals surface area contributed by atoms with Gasteiger partial charge in [0.1, 0.15) is 0 Å². The Kier molecular flexibility index (Phi) is 4.87. The Morgan fingerprint density at radius 1 is 0.750 bits per heavy atom. The van der Waals surface area contributed by atoms with Gasteiger partial charge in [0.05, 0.1) is 0 Å². The van der Waals surface area contributed by atoms with E-state index >= 15 is 0 Å². The van der Waals surface area contributed by atoms with Gasteiger partial charge in [0.15, 0.2) is 0 Å². The molecule has 2 aliphatic rings. The SMILES string of the molecule is c1ccc(Nc2ccc(CCC3CC4CCCC(C4)C3)cc2)cc1. The number of hydrogen-bond donors (Lipinski definition) is 1. The summed E-state index contributed by atoms with van der Waals surface area (Å²) in [5.74, 6) is 3.09. The van der Waals surface area contributed by atoms with Gasteiger partial charge in [-0.05, 0) is 79.7 Å². The van der Waals surface area contributed by atoms with Crippen molar-refractivity contribution in [3.8, 4) is 0 Å². The number of aryl methyl sites for hydroxylation is 1. The van der Waals surface area contributed by atoms with E-state index in [1.807, 2.05) is 6.07 Å². The lowest BCUT2D eigenvalue weighted by Gasteiger charge is -2.39. The molecule has 0 aromatic heterocycles. The first kappa shape index (κ1) is 15.7. The highest BCUT2D eigenvalue weighted by atomic mass is 14.9. The summed E-state index contributed by atoms with van der Waals surface area (Å²) in [5, 5.41) is 3.46. The van der Waals surface area contributed by atoms with Crippen LogP contribution in [0, 0.1) is 17.8 Å². The van der Waals surface area contributed by atoms with Gasteiger partial charge < -0.3 is 5.32 Å². The molecule has 2 saturated carbocycles. The molecule has 2 bridgehead atoms. The van der Waals surface area contributed by atoms with Crippen LogP contribution in [-0.2, 0) is 6.42 Å². The van der Waals surface area contributed by atoms with E-state index in [0.29, 0.717) is 0 Å². The average molecular weight is 319 g/mol. The molecule has 2 atom stereocenters. The Balaban J connectivity index is 1.29. The topological polar surface area (TPSA) is 12.0 Å². The summed E-state index contributed by atoms with van der Waals surface area (Å²) in [6.07, 6.45) is 11.7. The fraction of sp³-hybridized carbons (Fsp3) is 0.478. The number of benzene rings is 2. The van der Waals surface area contributed by atoms with Crippen molar-refractivity contribution >= 4 is 11.4 Å². The summed E-state index contributed by atoms with van der Waals surface area (Å²) in [7, 11) is 0. The summed E-state index contributed by atoms with van der Waals surface area (Å²) in [4.78, 5) is 0. The van der Waals surface area contributed by atoms with Gasteiger partial charge in [-0.25, -0.2) is 0 Å². The largest absolute Gasteiger partial charge is 0.356 e. The van der Waals surface area contributed by atoms with Crippen molar-refractivity contribution < 1.29 is 0 Å². The molecule has 4 rings (SSSR count). The van der Waals surface area contributed by atoms with Crippen molar-refractivity contribution in [3.63, 3.8) is 0 Å². The first-order valence-electron chi connectivity index (χ1n) is 9.76. The molecule has 0 spiro atoms. The number of rotatable bonds is 5. The van der Waals surface area contributed by atoms with Crippen LogP contribution >= 0.6 is 0 Å². The number of anilines is 2. The van der Waals surface area contributed by atoms with Crippen molar-refractivity contribution in [3.05, 3.63) is 60.2 Å². The van der Waals surface area contributed by atoms with Crippen molar-refractivity contribution in [2.24, 2.45) is 17.8 Å². The Bertz CT molecular complexity index is 619. The monoisotopic (exact) mass is 319 g/mol. The second-order valence-electron chi connectivity index (χ2n) is 7.96. The number of fused-ring (bicyclic) bond motifs is 2. The molecule has 0 radical (unpaired) electrons. The Hall–Kier alpha value is -1.76. The fourth-order valence-corrected chi connectivity index (χ4v) is 4.92. The van der Waals surface area contributed by atoms with Gasteiger partial charge >= 0.3 is 0 Å². The zero-order valence-electron chi connectivity index (χ0n) is 14.6. The van der Waals surface area contributed by atoms with E-state index in [9.17, 15) is 0 Å². The average Bonchev–Trinajstić information content (AvgIpc) is 2.62. The molecule has 126 valence electrons. The van der Waals surface area contributed by atoms with Gasteiger partial charge in [-0.2, -0.15) is 0 Å². The number of hydrogen-bond acceptors (Lipinski definition) is 1. The Morgan fingerprint density at radius 3 is 2.12 bits per heavy atom. The van der Waals surface area contributed by atoms with Crippen LogP contribution in [0.2, 0.25) is 0 Å². The highest BCUT2D eigenvalue weighted by Gasteiger charge is 2.31. The van der Waals surface area contributed by atoms with Crippen LogP contribution in [0.15, 0.2) is 54.6 Å². The lowest BCUT2D eigenvalue weighted by atomic mass is 9.67. The van der Waals surface area contributed by atoms with Crippen LogP contribution in [0.3, 0.4) is 0 Å². The molecular weight excluding hydrogens is 290 g/mol. The molecule has 2 aliphatic carbocycles. The minimum atomic E-state index is 0.983. The molecule has 0 amide bonds. The van der Waals surface area contributed by atoms with Gasteiger partial charge in [0.25, 0.3) is 0 Å². The standard InChI is InChI=1S/C23H29N/c1-2-7-22(8-3-1)24-23-13-11-18(12-14-23)9-10-21-16-19-5-4-6-20(15-19)17-21/h1-3,7-8,11-14,19-21,24H,4-6,9-10,15-17H2. The van der Waals surface area contributed by atoms with Crippen LogP contribution < -0.4 is 5.32 Å². The van der Waals surface area contributed by atoms with E-state index in [0.717, 1.165) is 23.4 Å². The molecule has 0 aliphatic heterocycles. The fourth-order valence-electron chi connectivity index (χ4n) is 4.92. The molecule has 24 heavy (non-hydrogen) atoms. The van der Waals surface area contributed by atoms with Crippen LogP contribution in [0.5, 0.6) is 0 Å². The lowest BCUT2D eigenvalue weighted by Crippen LogP contribution is -2.27. The zero-order valence-corrected chi connectivity index (χ0v) is 14.6. The Morgan fingerprint density at radius 2 is 1.42 bits per heavy atom. The van der Waals surface area contributed by atoms with Crippen molar-refractivity contribution in [2.45, 2.75) is 51.4 Å². The van der Waals surface area contributed by atoms with E-state index < -0.39 is 0 Å². The molecule has 0 heterocycles. The zero-order chi connectivity index (χ0) is 16.2. The van der Waals surface area contributed by atoms with E-state index in [-0.39, 0.29) is 0 Å². The van der Waals surface area contributed by atoms with Crippen molar-refractivity contribution in [2.75, 3.05) is 5.32 Å². The van der Waals surface area contributed by atoms with Crippen LogP contribution in [0.1, 0.15) is 50.5 Å². The van der Waals surface area contributed by atoms with E-state index in [1.165, 1.54) is 62.6 Å². The van der Waals surface area contributed by atoms with Gasteiger partial charge in [-0.3, -0.25) is 0 Å². The van der Waals surface area contributed by atoms with Crippen LogP contribution in [0.4, 0.5) is 11.4 Å². The first-order chi connectivity index (χ1) is 11.8.